The number of amides is 2. The Morgan fingerprint density at radius 1 is 1.42 bits per heavy atom. The van der Waals surface area contributed by atoms with Gasteiger partial charge in [0.05, 0.1) is 24.1 Å². The number of halogens is 3. The predicted octanol–water partition coefficient (Wildman–Crippen LogP) is 1.86. The van der Waals surface area contributed by atoms with Crippen LogP contribution in [0.4, 0.5) is 13.2 Å². The molecule has 0 unspecified atom stereocenters. The van der Waals surface area contributed by atoms with E-state index in [1.807, 2.05) is 0 Å². The minimum absolute atomic E-state index is 0.00704. The molecular formula is C16H19F3N2O3. The van der Waals surface area contributed by atoms with Crippen LogP contribution in [0.1, 0.15) is 24.0 Å². The Labute approximate surface area is 137 Å². The topological polar surface area (TPSA) is 67.4 Å². The fraction of sp³-hybridized carbons (Fsp3) is 0.500. The van der Waals surface area contributed by atoms with Crippen molar-refractivity contribution in [1.82, 2.24) is 10.6 Å². The molecule has 0 spiro atoms. The first-order chi connectivity index (χ1) is 11.3. The lowest BCUT2D eigenvalue weighted by Crippen LogP contribution is -2.52. The Morgan fingerprint density at radius 3 is 2.83 bits per heavy atom. The van der Waals surface area contributed by atoms with Crippen molar-refractivity contribution in [1.29, 1.82) is 0 Å². The first-order valence-corrected chi connectivity index (χ1v) is 7.53. The number of rotatable bonds is 5. The van der Waals surface area contributed by atoms with Crippen LogP contribution in [0.25, 0.3) is 0 Å². The maximum absolute atomic E-state index is 12.7. The molecule has 132 valence electrons. The molecular weight excluding hydrogens is 325 g/mol. The number of carbonyl (C=O) groups is 2. The summed E-state index contributed by atoms with van der Waals surface area (Å²) in [7, 11) is 1.47. The summed E-state index contributed by atoms with van der Waals surface area (Å²) in [5, 5.41) is 5.34. The quantitative estimate of drug-likeness (QED) is 0.857. The summed E-state index contributed by atoms with van der Waals surface area (Å²) in [6, 6.07) is 4.38. The van der Waals surface area contributed by atoms with E-state index in [1.54, 1.807) is 0 Å². The van der Waals surface area contributed by atoms with Crippen LogP contribution in [0.3, 0.4) is 0 Å². The second-order valence-corrected chi connectivity index (χ2v) is 5.69. The van der Waals surface area contributed by atoms with E-state index in [4.69, 9.17) is 4.74 Å². The van der Waals surface area contributed by atoms with Gasteiger partial charge < -0.3 is 15.4 Å². The van der Waals surface area contributed by atoms with Crippen molar-refractivity contribution in [2.24, 2.45) is 5.92 Å². The Kier molecular flexibility index (Phi) is 5.82. The molecule has 0 saturated carbocycles. The van der Waals surface area contributed by atoms with Gasteiger partial charge in [0.2, 0.25) is 11.8 Å². The number of ether oxygens (including phenoxy) is 1. The van der Waals surface area contributed by atoms with Gasteiger partial charge in [-0.05, 0) is 24.1 Å². The van der Waals surface area contributed by atoms with Gasteiger partial charge in [-0.25, -0.2) is 0 Å². The standard InChI is InChI=1S/C16H19F3N2O3/c1-24-9-13-12(5-6-14(22)21-13)15(23)20-8-10-3-2-4-11(7-10)16(17,18)19/h2-4,7,12-13H,5-6,8-9H2,1H3,(H,20,23)(H,21,22)/t12-,13-/m1/s1. The third-order valence-corrected chi connectivity index (χ3v) is 3.92. The molecule has 2 rings (SSSR count). The molecule has 8 heteroatoms. The fourth-order valence-corrected chi connectivity index (χ4v) is 2.70. The first-order valence-electron chi connectivity index (χ1n) is 7.53. The summed E-state index contributed by atoms with van der Waals surface area (Å²) in [6.45, 7) is 0.195. The Morgan fingerprint density at radius 2 is 2.17 bits per heavy atom. The Balaban J connectivity index is 1.98. The van der Waals surface area contributed by atoms with Crippen LogP contribution in [0.15, 0.2) is 24.3 Å². The summed E-state index contributed by atoms with van der Waals surface area (Å²) >= 11 is 0. The van der Waals surface area contributed by atoms with Gasteiger partial charge >= 0.3 is 6.18 Å². The third-order valence-electron chi connectivity index (χ3n) is 3.92. The van der Waals surface area contributed by atoms with Gasteiger partial charge in [-0.2, -0.15) is 13.2 Å². The summed E-state index contributed by atoms with van der Waals surface area (Å²) in [5.74, 6) is -0.915. The Bertz CT molecular complexity index is 604. The molecule has 1 aromatic carbocycles. The lowest BCUT2D eigenvalue weighted by Gasteiger charge is -2.30. The average molecular weight is 344 g/mol. The van der Waals surface area contributed by atoms with Gasteiger partial charge in [0.25, 0.3) is 0 Å². The van der Waals surface area contributed by atoms with Crippen LogP contribution in [0.5, 0.6) is 0 Å². The van der Waals surface area contributed by atoms with Crippen molar-refractivity contribution in [2.75, 3.05) is 13.7 Å². The van der Waals surface area contributed by atoms with Gasteiger partial charge in [-0.3, -0.25) is 9.59 Å². The number of piperidine rings is 1. The minimum atomic E-state index is -4.42. The lowest BCUT2D eigenvalue weighted by atomic mass is 9.90. The van der Waals surface area contributed by atoms with Crippen molar-refractivity contribution in [2.45, 2.75) is 31.6 Å². The molecule has 2 N–H and O–H groups in total. The zero-order chi connectivity index (χ0) is 17.7. The summed E-state index contributed by atoms with van der Waals surface area (Å²) in [6.07, 6.45) is -3.80. The molecule has 1 aliphatic heterocycles. The predicted molar refractivity (Wildman–Crippen MR) is 79.8 cm³/mol. The highest BCUT2D eigenvalue weighted by Gasteiger charge is 2.34. The van der Waals surface area contributed by atoms with Crippen molar-refractivity contribution in [3.05, 3.63) is 35.4 Å². The Hall–Kier alpha value is -2.09. The lowest BCUT2D eigenvalue weighted by molar-refractivity contribution is -0.137. The number of hydrogen-bond donors (Lipinski definition) is 2. The van der Waals surface area contributed by atoms with Crippen LogP contribution >= 0.6 is 0 Å². The summed E-state index contributed by atoms with van der Waals surface area (Å²) in [4.78, 5) is 23.7. The van der Waals surface area contributed by atoms with E-state index >= 15 is 0 Å². The van der Waals surface area contributed by atoms with Gasteiger partial charge in [-0.1, -0.05) is 12.1 Å². The van der Waals surface area contributed by atoms with Gasteiger partial charge in [0.15, 0.2) is 0 Å². The van der Waals surface area contributed by atoms with Crippen molar-refractivity contribution in [3.8, 4) is 0 Å². The highest BCUT2D eigenvalue weighted by Crippen LogP contribution is 2.29. The van der Waals surface area contributed by atoms with Crippen LogP contribution in [0, 0.1) is 5.92 Å². The maximum atomic E-state index is 12.7. The van der Waals surface area contributed by atoms with Gasteiger partial charge in [-0.15, -0.1) is 0 Å². The van der Waals surface area contributed by atoms with Gasteiger partial charge in [0.1, 0.15) is 0 Å². The van der Waals surface area contributed by atoms with E-state index in [1.165, 1.54) is 19.2 Å². The minimum Gasteiger partial charge on any atom is -0.383 e. The highest BCUT2D eigenvalue weighted by atomic mass is 19.4. The molecule has 1 aliphatic rings. The molecule has 0 bridgehead atoms. The van der Waals surface area contributed by atoms with Crippen molar-refractivity contribution >= 4 is 11.8 Å². The molecule has 1 fully saturated rings. The molecule has 1 saturated heterocycles. The molecule has 0 aliphatic carbocycles. The second kappa shape index (κ2) is 7.65. The monoisotopic (exact) mass is 344 g/mol. The zero-order valence-electron chi connectivity index (χ0n) is 13.2. The number of carbonyl (C=O) groups excluding carboxylic acids is 2. The third kappa shape index (κ3) is 4.70. The zero-order valence-corrected chi connectivity index (χ0v) is 13.2. The van der Waals surface area contributed by atoms with E-state index in [2.05, 4.69) is 10.6 Å². The molecule has 2 amide bonds. The molecule has 1 aromatic rings. The smallest absolute Gasteiger partial charge is 0.383 e. The van der Waals surface area contributed by atoms with E-state index in [0.717, 1.165) is 12.1 Å². The normalized spacial score (nSPS) is 21.2. The van der Waals surface area contributed by atoms with Crippen molar-refractivity contribution < 1.29 is 27.5 Å². The maximum Gasteiger partial charge on any atom is 0.416 e. The van der Waals surface area contributed by atoms with Crippen LogP contribution in [0.2, 0.25) is 0 Å². The molecule has 0 radical (unpaired) electrons. The molecule has 1 heterocycles. The van der Waals surface area contributed by atoms with E-state index in [9.17, 15) is 22.8 Å². The van der Waals surface area contributed by atoms with E-state index in [-0.39, 0.29) is 31.4 Å². The van der Waals surface area contributed by atoms with Crippen LogP contribution in [-0.4, -0.2) is 31.6 Å². The van der Waals surface area contributed by atoms with Gasteiger partial charge in [0, 0.05) is 20.1 Å². The molecule has 0 aromatic heterocycles. The fourth-order valence-electron chi connectivity index (χ4n) is 2.70. The SMILES string of the molecule is COC[C@H]1NC(=O)CC[C@H]1C(=O)NCc1cccc(C(F)(F)F)c1. The van der Waals surface area contributed by atoms with E-state index < -0.39 is 23.7 Å². The number of benzene rings is 1. The van der Waals surface area contributed by atoms with Crippen LogP contribution < -0.4 is 10.6 Å². The summed E-state index contributed by atoms with van der Waals surface area (Å²) < 4.78 is 43.1. The van der Waals surface area contributed by atoms with Crippen molar-refractivity contribution in [3.63, 3.8) is 0 Å². The number of hydrogen-bond acceptors (Lipinski definition) is 3. The summed E-state index contributed by atoms with van der Waals surface area (Å²) in [5.41, 5.74) is -0.391. The number of methoxy groups -OCH3 is 1. The molecule has 2 atom stereocenters. The second-order valence-electron chi connectivity index (χ2n) is 5.69. The average Bonchev–Trinajstić information content (AvgIpc) is 2.52. The highest BCUT2D eigenvalue weighted by molar-refractivity contribution is 5.84. The number of nitrogens with one attached hydrogen (secondary N) is 2. The van der Waals surface area contributed by atoms with Crippen LogP contribution in [-0.2, 0) is 27.0 Å². The van der Waals surface area contributed by atoms with E-state index in [0.29, 0.717) is 12.0 Å². The molecule has 24 heavy (non-hydrogen) atoms. The number of alkyl halides is 3. The largest absolute Gasteiger partial charge is 0.416 e. The first kappa shape index (κ1) is 18.3. The molecule has 5 nitrogen and oxygen atoms in total.